The predicted molar refractivity (Wildman–Crippen MR) is 111 cm³/mol. The monoisotopic (exact) mass is 411 g/mol. The van der Waals surface area contributed by atoms with Gasteiger partial charge in [-0.25, -0.2) is 4.79 Å². The molecular formula is C21H33NO5S. The number of thioether (sulfide) groups is 1. The highest BCUT2D eigenvalue weighted by molar-refractivity contribution is 7.99. The first-order chi connectivity index (χ1) is 13.5. The molecule has 0 aliphatic rings. The second-order valence-corrected chi connectivity index (χ2v) is 7.60. The maximum atomic E-state index is 12.5. The Morgan fingerprint density at radius 3 is 2.57 bits per heavy atom. The molecule has 1 aromatic rings. The zero-order valence-electron chi connectivity index (χ0n) is 17.3. The number of hydrogen-bond donors (Lipinski definition) is 1. The van der Waals surface area contributed by atoms with Gasteiger partial charge in [-0.05, 0) is 38.0 Å². The fourth-order valence-corrected chi connectivity index (χ4v) is 3.61. The summed E-state index contributed by atoms with van der Waals surface area (Å²) in [5.41, 5.74) is 6.49. The molecule has 0 heterocycles. The topological polar surface area (TPSA) is 87.9 Å². The van der Waals surface area contributed by atoms with E-state index in [0.29, 0.717) is 17.9 Å². The summed E-state index contributed by atoms with van der Waals surface area (Å²) < 4.78 is 16.0. The maximum Gasteiger partial charge on any atom is 0.337 e. The fourth-order valence-electron chi connectivity index (χ4n) is 2.72. The second kappa shape index (κ2) is 13.6. The quantitative estimate of drug-likeness (QED) is 0.298. The number of hydrogen-bond acceptors (Lipinski definition) is 7. The van der Waals surface area contributed by atoms with Gasteiger partial charge in [-0.15, -0.1) is 11.8 Å². The van der Waals surface area contributed by atoms with Crippen LogP contribution in [0.4, 0.5) is 0 Å². The third-order valence-electron chi connectivity index (χ3n) is 4.39. The van der Waals surface area contributed by atoms with Crippen LogP contribution in [0.15, 0.2) is 29.2 Å². The van der Waals surface area contributed by atoms with E-state index < -0.39 is 24.3 Å². The predicted octanol–water partition coefficient (Wildman–Crippen LogP) is 4.01. The van der Waals surface area contributed by atoms with Gasteiger partial charge >= 0.3 is 11.9 Å². The smallest absolute Gasteiger partial charge is 0.337 e. The lowest BCUT2D eigenvalue weighted by Crippen LogP contribution is -2.40. The van der Waals surface area contributed by atoms with E-state index in [1.54, 1.807) is 18.2 Å². The van der Waals surface area contributed by atoms with E-state index in [2.05, 4.69) is 13.8 Å². The number of ether oxygens (including phenoxy) is 3. The summed E-state index contributed by atoms with van der Waals surface area (Å²) in [6.07, 6.45) is 3.42. The van der Waals surface area contributed by atoms with E-state index in [1.165, 1.54) is 18.9 Å². The summed E-state index contributed by atoms with van der Waals surface area (Å²) in [7, 11) is 1.34. The summed E-state index contributed by atoms with van der Waals surface area (Å²) in [4.78, 5) is 24.9. The molecule has 0 saturated carbocycles. The fraction of sp³-hybridized carbons (Fsp3) is 0.619. The van der Waals surface area contributed by atoms with Crippen LogP contribution in [0.25, 0.3) is 0 Å². The van der Waals surface area contributed by atoms with E-state index >= 15 is 0 Å². The van der Waals surface area contributed by atoms with Crippen molar-refractivity contribution in [3.63, 3.8) is 0 Å². The lowest BCUT2D eigenvalue weighted by Gasteiger charge is -2.27. The highest BCUT2D eigenvalue weighted by atomic mass is 32.2. The van der Waals surface area contributed by atoms with Gasteiger partial charge in [0.05, 0.1) is 12.7 Å². The maximum absolute atomic E-state index is 12.5. The molecule has 3 unspecified atom stereocenters. The van der Waals surface area contributed by atoms with E-state index in [1.807, 2.05) is 13.0 Å². The van der Waals surface area contributed by atoms with Crippen molar-refractivity contribution in [2.45, 2.75) is 63.7 Å². The van der Waals surface area contributed by atoms with Gasteiger partial charge in [0.15, 0.2) is 0 Å². The molecule has 2 N–H and O–H groups in total. The molecule has 7 heteroatoms. The molecule has 0 fully saturated rings. The molecule has 0 saturated heterocycles. The summed E-state index contributed by atoms with van der Waals surface area (Å²) in [6.45, 7) is 6.57. The van der Waals surface area contributed by atoms with Crippen molar-refractivity contribution in [1.29, 1.82) is 0 Å². The molecule has 0 aliphatic heterocycles. The minimum absolute atomic E-state index is 0.167. The van der Waals surface area contributed by atoms with E-state index in [9.17, 15) is 9.59 Å². The Morgan fingerprint density at radius 2 is 1.96 bits per heavy atom. The minimum atomic E-state index is -0.779. The molecule has 0 aliphatic carbocycles. The molecule has 6 nitrogen and oxygen atoms in total. The molecule has 0 bridgehead atoms. The van der Waals surface area contributed by atoms with Crippen LogP contribution in [0.2, 0.25) is 0 Å². The highest BCUT2D eigenvalue weighted by Crippen LogP contribution is 2.23. The van der Waals surface area contributed by atoms with Gasteiger partial charge in [0.2, 0.25) is 6.29 Å². The zero-order valence-corrected chi connectivity index (χ0v) is 18.1. The second-order valence-electron chi connectivity index (χ2n) is 6.51. The molecule has 158 valence electrons. The summed E-state index contributed by atoms with van der Waals surface area (Å²) >= 11 is 1.39. The highest BCUT2D eigenvalue weighted by Gasteiger charge is 2.26. The van der Waals surface area contributed by atoms with Crippen molar-refractivity contribution in [3.05, 3.63) is 29.8 Å². The molecule has 3 atom stereocenters. The standard InChI is InChI=1S/C21H33NO5S/c1-5-8-10-15(6-2)21(26-7-3)27-20(24)18(22)14-28-17-12-9-11-16(13-17)19(23)25-4/h9,11-13,15,18,21H,5-8,10,14,22H2,1-4H3. The molecule has 1 rings (SSSR count). The Morgan fingerprint density at radius 1 is 1.21 bits per heavy atom. The number of benzene rings is 1. The van der Waals surface area contributed by atoms with Crippen molar-refractivity contribution >= 4 is 23.7 Å². The number of methoxy groups -OCH3 is 1. The van der Waals surface area contributed by atoms with Crippen molar-refractivity contribution < 1.29 is 23.8 Å². The number of nitrogens with two attached hydrogens (primary N) is 1. The van der Waals surface area contributed by atoms with Gasteiger partial charge in [-0.2, -0.15) is 0 Å². The van der Waals surface area contributed by atoms with Crippen LogP contribution in [0.1, 0.15) is 56.8 Å². The summed E-state index contributed by atoms with van der Waals surface area (Å²) in [5, 5.41) is 0. The molecule has 0 aromatic heterocycles. The first-order valence-corrected chi connectivity index (χ1v) is 10.8. The Bertz CT molecular complexity index is 610. The Kier molecular flexibility index (Phi) is 11.9. The van der Waals surface area contributed by atoms with Crippen molar-refractivity contribution in [2.75, 3.05) is 19.5 Å². The average molecular weight is 412 g/mol. The summed E-state index contributed by atoms with van der Waals surface area (Å²) in [5.74, 6) is -0.359. The Labute approximate surface area is 172 Å². The number of carbonyl (C=O) groups is 2. The van der Waals surface area contributed by atoms with Gasteiger partial charge in [-0.3, -0.25) is 4.79 Å². The number of rotatable bonds is 13. The normalized spacial score (nSPS) is 14.2. The van der Waals surface area contributed by atoms with Crippen molar-refractivity contribution in [1.82, 2.24) is 0 Å². The van der Waals surface area contributed by atoms with Crippen LogP contribution in [0.5, 0.6) is 0 Å². The van der Waals surface area contributed by atoms with Crippen LogP contribution in [-0.2, 0) is 19.0 Å². The van der Waals surface area contributed by atoms with Gasteiger partial charge in [0, 0.05) is 23.2 Å². The van der Waals surface area contributed by atoms with Gasteiger partial charge in [0.25, 0.3) is 0 Å². The van der Waals surface area contributed by atoms with Gasteiger partial charge < -0.3 is 19.9 Å². The third-order valence-corrected chi connectivity index (χ3v) is 5.50. The molecule has 0 radical (unpaired) electrons. The van der Waals surface area contributed by atoms with E-state index in [4.69, 9.17) is 19.9 Å². The van der Waals surface area contributed by atoms with Crippen LogP contribution in [-0.4, -0.2) is 43.7 Å². The molecular weight excluding hydrogens is 378 g/mol. The minimum Gasteiger partial charge on any atom is -0.465 e. The van der Waals surface area contributed by atoms with Gasteiger partial charge in [0.1, 0.15) is 6.04 Å². The molecule has 0 spiro atoms. The lowest BCUT2D eigenvalue weighted by molar-refractivity contribution is -0.192. The molecule has 1 aromatic carbocycles. The summed E-state index contributed by atoms with van der Waals surface area (Å²) in [6, 6.07) is 6.24. The van der Waals surface area contributed by atoms with Crippen LogP contribution in [0.3, 0.4) is 0 Å². The van der Waals surface area contributed by atoms with Crippen molar-refractivity contribution in [2.24, 2.45) is 11.7 Å². The zero-order chi connectivity index (χ0) is 20.9. The van der Waals surface area contributed by atoms with Crippen molar-refractivity contribution in [3.8, 4) is 0 Å². The largest absolute Gasteiger partial charge is 0.465 e. The number of esters is 2. The Balaban J connectivity index is 2.63. The van der Waals surface area contributed by atoms with Crippen LogP contribution < -0.4 is 5.73 Å². The van der Waals surface area contributed by atoms with Crippen LogP contribution >= 0.6 is 11.8 Å². The van der Waals surface area contributed by atoms with Gasteiger partial charge in [-0.1, -0.05) is 32.8 Å². The van der Waals surface area contributed by atoms with Crippen LogP contribution in [0, 0.1) is 5.92 Å². The SMILES string of the molecule is CCCCC(CC)C(OCC)OC(=O)C(N)CSc1cccc(C(=O)OC)c1. The third kappa shape index (κ3) is 8.20. The first kappa shape index (κ1) is 24.5. The number of unbranched alkanes of at least 4 members (excludes halogenated alkanes) is 1. The number of carbonyl (C=O) groups excluding carboxylic acids is 2. The lowest BCUT2D eigenvalue weighted by atomic mass is 9.98. The Hall–Kier alpha value is -1.57. The molecule has 0 amide bonds. The van der Waals surface area contributed by atoms with E-state index in [0.717, 1.165) is 30.6 Å². The molecule has 28 heavy (non-hydrogen) atoms. The average Bonchev–Trinajstić information content (AvgIpc) is 2.72. The van der Waals surface area contributed by atoms with E-state index in [-0.39, 0.29) is 5.92 Å². The first-order valence-electron chi connectivity index (χ1n) is 9.85.